The molecule has 2 rings (SSSR count). The van der Waals surface area contributed by atoms with E-state index < -0.39 is 0 Å². The molecule has 2 aliphatic rings. The van der Waals surface area contributed by atoms with Crippen molar-refractivity contribution in [3.63, 3.8) is 0 Å². The van der Waals surface area contributed by atoms with Crippen LogP contribution in [0.1, 0.15) is 38.5 Å². The monoisotopic (exact) mass is 164 g/mol. The van der Waals surface area contributed by atoms with E-state index in [-0.39, 0.29) is 0 Å². The standard InChI is InChI=1S/C11H16O/c1-8-4-2-6-10-9(8)5-3-7-11(10)12/h9-10H,1-7H2/t9?,10-/m0/s1. The molecular formula is C11H16O. The lowest BCUT2D eigenvalue weighted by Crippen LogP contribution is -2.32. The van der Waals surface area contributed by atoms with Gasteiger partial charge in [-0.25, -0.2) is 0 Å². The molecule has 12 heavy (non-hydrogen) atoms. The molecule has 2 fully saturated rings. The van der Waals surface area contributed by atoms with E-state index in [1.165, 1.54) is 18.4 Å². The molecular weight excluding hydrogens is 148 g/mol. The Bertz CT molecular complexity index is 193. The molecule has 0 aliphatic heterocycles. The van der Waals surface area contributed by atoms with Gasteiger partial charge >= 0.3 is 0 Å². The van der Waals surface area contributed by atoms with Gasteiger partial charge in [-0.2, -0.15) is 0 Å². The lowest BCUT2D eigenvalue weighted by molar-refractivity contribution is -0.126. The summed E-state index contributed by atoms with van der Waals surface area (Å²) >= 11 is 0. The summed E-state index contributed by atoms with van der Waals surface area (Å²) in [4.78, 5) is 11.5. The molecule has 2 aliphatic carbocycles. The fourth-order valence-electron chi connectivity index (χ4n) is 2.69. The van der Waals surface area contributed by atoms with Gasteiger partial charge in [-0.1, -0.05) is 12.2 Å². The summed E-state index contributed by atoms with van der Waals surface area (Å²) in [6.07, 6.45) is 6.62. The molecule has 0 bridgehead atoms. The van der Waals surface area contributed by atoms with Gasteiger partial charge in [0.25, 0.3) is 0 Å². The lowest BCUT2D eigenvalue weighted by atomic mass is 9.68. The van der Waals surface area contributed by atoms with Crippen LogP contribution >= 0.6 is 0 Å². The van der Waals surface area contributed by atoms with E-state index in [2.05, 4.69) is 6.58 Å². The molecule has 0 amide bonds. The molecule has 2 saturated carbocycles. The van der Waals surface area contributed by atoms with E-state index in [1.54, 1.807) is 0 Å². The van der Waals surface area contributed by atoms with Gasteiger partial charge in [-0.05, 0) is 38.0 Å². The van der Waals surface area contributed by atoms with Crippen LogP contribution in [0.2, 0.25) is 0 Å². The Labute approximate surface area is 73.8 Å². The van der Waals surface area contributed by atoms with Crippen molar-refractivity contribution in [3.05, 3.63) is 12.2 Å². The number of hydrogen-bond donors (Lipinski definition) is 0. The van der Waals surface area contributed by atoms with Gasteiger partial charge < -0.3 is 0 Å². The van der Waals surface area contributed by atoms with Crippen LogP contribution in [0.5, 0.6) is 0 Å². The second-order valence-electron chi connectivity index (χ2n) is 4.12. The summed E-state index contributed by atoms with van der Waals surface area (Å²) in [6, 6.07) is 0. The highest BCUT2D eigenvalue weighted by molar-refractivity contribution is 5.82. The van der Waals surface area contributed by atoms with E-state index >= 15 is 0 Å². The smallest absolute Gasteiger partial charge is 0.136 e. The van der Waals surface area contributed by atoms with Gasteiger partial charge in [-0.15, -0.1) is 0 Å². The number of carbonyl (C=O) groups is 1. The highest BCUT2D eigenvalue weighted by Gasteiger charge is 2.35. The van der Waals surface area contributed by atoms with Gasteiger partial charge in [0.05, 0.1) is 0 Å². The van der Waals surface area contributed by atoms with E-state index in [1.807, 2.05) is 0 Å². The first kappa shape index (κ1) is 8.03. The van der Waals surface area contributed by atoms with Gasteiger partial charge in [0, 0.05) is 12.3 Å². The number of hydrogen-bond acceptors (Lipinski definition) is 1. The summed E-state index contributed by atoms with van der Waals surface area (Å²) in [5.74, 6) is 1.42. The Balaban J connectivity index is 2.16. The predicted molar refractivity (Wildman–Crippen MR) is 48.8 cm³/mol. The van der Waals surface area contributed by atoms with Gasteiger partial charge in [0.2, 0.25) is 0 Å². The fourth-order valence-corrected chi connectivity index (χ4v) is 2.69. The zero-order valence-electron chi connectivity index (χ0n) is 7.51. The average molecular weight is 164 g/mol. The molecule has 1 nitrogen and oxygen atoms in total. The number of ketones is 1. The van der Waals surface area contributed by atoms with Crippen molar-refractivity contribution >= 4 is 5.78 Å². The number of Topliss-reactive ketones (excluding diaryl/α,β-unsaturated/α-hetero) is 1. The van der Waals surface area contributed by atoms with Gasteiger partial charge in [0.15, 0.2) is 0 Å². The van der Waals surface area contributed by atoms with E-state index in [4.69, 9.17) is 0 Å². The van der Waals surface area contributed by atoms with Crippen LogP contribution in [-0.2, 0) is 4.79 Å². The van der Waals surface area contributed by atoms with Crippen LogP contribution in [0.4, 0.5) is 0 Å². The predicted octanol–water partition coefficient (Wildman–Crippen LogP) is 2.71. The maximum absolute atomic E-state index is 11.5. The molecule has 1 heteroatoms. The molecule has 0 aromatic rings. The van der Waals surface area contributed by atoms with Crippen molar-refractivity contribution in [2.75, 3.05) is 0 Å². The summed E-state index contributed by atoms with van der Waals surface area (Å²) in [7, 11) is 0. The Morgan fingerprint density at radius 2 is 1.75 bits per heavy atom. The third kappa shape index (κ3) is 1.21. The third-order valence-corrected chi connectivity index (χ3v) is 3.37. The number of fused-ring (bicyclic) bond motifs is 1. The van der Waals surface area contributed by atoms with Crippen LogP contribution in [0.15, 0.2) is 12.2 Å². The molecule has 2 atom stereocenters. The van der Waals surface area contributed by atoms with Crippen molar-refractivity contribution in [2.45, 2.75) is 38.5 Å². The Hall–Kier alpha value is -0.590. The first-order chi connectivity index (χ1) is 5.79. The van der Waals surface area contributed by atoms with Gasteiger partial charge in [-0.3, -0.25) is 4.79 Å². The van der Waals surface area contributed by atoms with Crippen LogP contribution in [0.3, 0.4) is 0 Å². The Morgan fingerprint density at radius 1 is 1.08 bits per heavy atom. The molecule has 0 N–H and O–H groups in total. The minimum atomic E-state index is 0.361. The van der Waals surface area contributed by atoms with Crippen LogP contribution in [-0.4, -0.2) is 5.78 Å². The number of allylic oxidation sites excluding steroid dienone is 1. The maximum Gasteiger partial charge on any atom is 0.136 e. The van der Waals surface area contributed by atoms with Crippen molar-refractivity contribution < 1.29 is 4.79 Å². The average Bonchev–Trinajstić information content (AvgIpc) is 2.07. The van der Waals surface area contributed by atoms with Crippen LogP contribution < -0.4 is 0 Å². The molecule has 0 saturated heterocycles. The number of carbonyl (C=O) groups excluding carboxylic acids is 1. The zero-order valence-corrected chi connectivity index (χ0v) is 7.51. The highest BCUT2D eigenvalue weighted by atomic mass is 16.1. The SMILES string of the molecule is C=C1CCC[C@@H]2C(=O)CCCC12. The highest BCUT2D eigenvalue weighted by Crippen LogP contribution is 2.40. The lowest BCUT2D eigenvalue weighted by Gasteiger charge is -2.35. The minimum absolute atomic E-state index is 0.361. The largest absolute Gasteiger partial charge is 0.299 e. The minimum Gasteiger partial charge on any atom is -0.299 e. The number of rotatable bonds is 0. The molecule has 0 aromatic carbocycles. The Kier molecular flexibility index (Phi) is 2.03. The van der Waals surface area contributed by atoms with E-state index in [0.717, 1.165) is 25.7 Å². The fraction of sp³-hybridized carbons (Fsp3) is 0.727. The quantitative estimate of drug-likeness (QED) is 0.503. The van der Waals surface area contributed by atoms with Crippen molar-refractivity contribution in [3.8, 4) is 0 Å². The second kappa shape index (κ2) is 3.04. The molecule has 0 aromatic heterocycles. The topological polar surface area (TPSA) is 17.1 Å². The molecule has 66 valence electrons. The molecule has 1 unspecified atom stereocenters. The normalized spacial score (nSPS) is 36.3. The summed E-state index contributed by atoms with van der Waals surface area (Å²) in [6.45, 7) is 4.08. The zero-order chi connectivity index (χ0) is 8.55. The molecule has 0 radical (unpaired) electrons. The Morgan fingerprint density at radius 3 is 2.50 bits per heavy atom. The van der Waals surface area contributed by atoms with E-state index in [0.29, 0.717) is 17.6 Å². The van der Waals surface area contributed by atoms with Gasteiger partial charge in [0.1, 0.15) is 5.78 Å². The van der Waals surface area contributed by atoms with Crippen LogP contribution in [0, 0.1) is 11.8 Å². The first-order valence-corrected chi connectivity index (χ1v) is 4.99. The van der Waals surface area contributed by atoms with Crippen molar-refractivity contribution in [1.29, 1.82) is 0 Å². The summed E-state index contributed by atoms with van der Waals surface area (Å²) < 4.78 is 0. The third-order valence-electron chi connectivity index (χ3n) is 3.37. The summed E-state index contributed by atoms with van der Waals surface area (Å²) in [5, 5.41) is 0. The first-order valence-electron chi connectivity index (χ1n) is 4.99. The van der Waals surface area contributed by atoms with E-state index in [9.17, 15) is 4.79 Å². The molecule has 0 heterocycles. The van der Waals surface area contributed by atoms with Crippen LogP contribution in [0.25, 0.3) is 0 Å². The van der Waals surface area contributed by atoms with Crippen molar-refractivity contribution in [1.82, 2.24) is 0 Å². The summed E-state index contributed by atoms with van der Waals surface area (Å²) in [5.41, 5.74) is 1.35. The van der Waals surface area contributed by atoms with Crippen molar-refractivity contribution in [2.24, 2.45) is 11.8 Å². The maximum atomic E-state index is 11.5. The molecule has 0 spiro atoms. The second-order valence-corrected chi connectivity index (χ2v) is 4.12.